The number of anilines is 1. The third-order valence-corrected chi connectivity index (χ3v) is 3.59. The van der Waals surface area contributed by atoms with Gasteiger partial charge in [0.2, 0.25) is 0 Å². The summed E-state index contributed by atoms with van der Waals surface area (Å²) in [5.74, 6) is -0.719. The van der Waals surface area contributed by atoms with Crippen molar-refractivity contribution in [2.24, 2.45) is 5.92 Å². The van der Waals surface area contributed by atoms with Crippen LogP contribution in [0.1, 0.15) is 37.7 Å². The molecular formula is C14H17F4N. The van der Waals surface area contributed by atoms with Crippen molar-refractivity contribution in [1.82, 2.24) is 0 Å². The van der Waals surface area contributed by atoms with E-state index in [4.69, 9.17) is 0 Å². The third kappa shape index (κ3) is 3.85. The quantitative estimate of drug-likeness (QED) is 0.778. The number of alkyl halides is 3. The molecule has 1 fully saturated rings. The van der Waals surface area contributed by atoms with Crippen molar-refractivity contribution in [2.75, 3.05) is 11.9 Å². The van der Waals surface area contributed by atoms with Crippen molar-refractivity contribution in [3.8, 4) is 0 Å². The first kappa shape index (κ1) is 14.2. The van der Waals surface area contributed by atoms with Crippen molar-refractivity contribution >= 4 is 5.69 Å². The molecule has 1 aliphatic rings. The molecule has 1 N–H and O–H groups in total. The lowest BCUT2D eigenvalue weighted by Crippen LogP contribution is -2.17. The minimum Gasteiger partial charge on any atom is -0.385 e. The Morgan fingerprint density at radius 3 is 2.42 bits per heavy atom. The molecule has 2 rings (SSSR count). The zero-order valence-electron chi connectivity index (χ0n) is 10.6. The van der Waals surface area contributed by atoms with Crippen LogP contribution in [-0.2, 0) is 6.18 Å². The molecule has 0 saturated heterocycles. The van der Waals surface area contributed by atoms with Gasteiger partial charge >= 0.3 is 6.18 Å². The Morgan fingerprint density at radius 2 is 1.79 bits per heavy atom. The Bertz CT molecular complexity index is 422. The van der Waals surface area contributed by atoms with Crippen LogP contribution in [0, 0.1) is 11.7 Å². The Morgan fingerprint density at radius 1 is 1.11 bits per heavy atom. The molecule has 1 aliphatic carbocycles. The maximum atomic E-state index is 13.1. The van der Waals surface area contributed by atoms with Crippen LogP contribution in [0.25, 0.3) is 0 Å². The van der Waals surface area contributed by atoms with Crippen molar-refractivity contribution < 1.29 is 17.6 Å². The van der Waals surface area contributed by atoms with E-state index in [9.17, 15) is 17.6 Å². The molecule has 0 unspecified atom stereocenters. The van der Waals surface area contributed by atoms with Crippen LogP contribution in [0.2, 0.25) is 0 Å². The van der Waals surface area contributed by atoms with Crippen LogP contribution < -0.4 is 5.32 Å². The van der Waals surface area contributed by atoms with Crippen molar-refractivity contribution in [1.29, 1.82) is 0 Å². The molecular weight excluding hydrogens is 258 g/mol. The predicted molar refractivity (Wildman–Crippen MR) is 66.5 cm³/mol. The van der Waals surface area contributed by atoms with E-state index in [-0.39, 0.29) is 0 Å². The van der Waals surface area contributed by atoms with E-state index in [1.807, 2.05) is 0 Å². The zero-order valence-corrected chi connectivity index (χ0v) is 10.6. The van der Waals surface area contributed by atoms with E-state index < -0.39 is 17.6 Å². The Hall–Kier alpha value is -1.26. The molecule has 106 valence electrons. The molecule has 0 aromatic heterocycles. The normalized spacial score (nSPS) is 17.5. The van der Waals surface area contributed by atoms with Gasteiger partial charge in [-0.3, -0.25) is 0 Å². The van der Waals surface area contributed by atoms with Crippen LogP contribution >= 0.6 is 0 Å². The zero-order chi connectivity index (χ0) is 13.9. The first-order valence-corrected chi connectivity index (χ1v) is 6.57. The fraction of sp³-hybridized carbons (Fsp3) is 0.571. The average molecular weight is 275 g/mol. The smallest absolute Gasteiger partial charge is 0.385 e. The summed E-state index contributed by atoms with van der Waals surface area (Å²) in [5.41, 5.74) is -0.875. The fourth-order valence-corrected chi connectivity index (χ4v) is 2.51. The van der Waals surface area contributed by atoms with Crippen molar-refractivity contribution in [3.63, 3.8) is 0 Å². The Balaban J connectivity index is 2.00. The molecule has 0 aliphatic heterocycles. The Labute approximate surface area is 110 Å². The SMILES string of the molecule is Fc1ccc(NCC2CCCCC2)cc1C(F)(F)F. The summed E-state index contributed by atoms with van der Waals surface area (Å²) in [5, 5.41) is 2.99. The monoisotopic (exact) mass is 275 g/mol. The lowest BCUT2D eigenvalue weighted by Gasteiger charge is -2.22. The van der Waals surface area contributed by atoms with Gasteiger partial charge in [0, 0.05) is 12.2 Å². The second kappa shape index (κ2) is 5.80. The van der Waals surface area contributed by atoms with Crippen molar-refractivity contribution in [3.05, 3.63) is 29.6 Å². The van der Waals surface area contributed by atoms with E-state index in [1.165, 1.54) is 25.3 Å². The number of rotatable bonds is 3. The molecule has 0 heterocycles. The summed E-state index contributed by atoms with van der Waals surface area (Å²) >= 11 is 0. The maximum Gasteiger partial charge on any atom is 0.419 e. The van der Waals surface area contributed by atoms with Gasteiger partial charge < -0.3 is 5.32 Å². The minimum atomic E-state index is -4.65. The fourth-order valence-electron chi connectivity index (χ4n) is 2.51. The van der Waals surface area contributed by atoms with E-state index in [2.05, 4.69) is 5.32 Å². The van der Waals surface area contributed by atoms with E-state index >= 15 is 0 Å². The van der Waals surface area contributed by atoms with Crippen LogP contribution in [0.5, 0.6) is 0 Å². The van der Waals surface area contributed by atoms with E-state index in [0.29, 0.717) is 18.2 Å². The Kier molecular flexibility index (Phi) is 4.32. The second-order valence-electron chi connectivity index (χ2n) is 5.08. The van der Waals surface area contributed by atoms with Gasteiger partial charge in [-0.05, 0) is 37.0 Å². The predicted octanol–water partition coefficient (Wildman–Crippen LogP) is 4.84. The number of hydrogen-bond acceptors (Lipinski definition) is 1. The minimum absolute atomic E-state index is 0.333. The highest BCUT2D eigenvalue weighted by Gasteiger charge is 2.34. The van der Waals surface area contributed by atoms with Gasteiger partial charge in [0.1, 0.15) is 5.82 Å². The van der Waals surface area contributed by atoms with Gasteiger partial charge in [-0.1, -0.05) is 19.3 Å². The highest BCUT2D eigenvalue weighted by atomic mass is 19.4. The van der Waals surface area contributed by atoms with Gasteiger partial charge in [-0.25, -0.2) is 4.39 Å². The standard InChI is InChI=1S/C14H17F4N/c15-13-7-6-11(8-12(13)14(16,17)18)19-9-10-4-2-1-3-5-10/h6-8,10,19H,1-5,9H2. The largest absolute Gasteiger partial charge is 0.419 e. The molecule has 0 amide bonds. The van der Waals surface area contributed by atoms with Gasteiger partial charge in [-0.2, -0.15) is 13.2 Å². The highest BCUT2D eigenvalue weighted by molar-refractivity contribution is 5.47. The number of hydrogen-bond donors (Lipinski definition) is 1. The van der Waals surface area contributed by atoms with Crippen LogP contribution in [0.15, 0.2) is 18.2 Å². The van der Waals surface area contributed by atoms with E-state index in [1.54, 1.807) is 0 Å². The molecule has 19 heavy (non-hydrogen) atoms. The van der Waals surface area contributed by atoms with Gasteiger partial charge in [0.25, 0.3) is 0 Å². The molecule has 0 spiro atoms. The summed E-state index contributed by atoms with van der Waals surface area (Å²) < 4.78 is 50.8. The van der Waals surface area contributed by atoms with Gasteiger partial charge in [0.15, 0.2) is 0 Å². The molecule has 0 bridgehead atoms. The van der Waals surface area contributed by atoms with Crippen molar-refractivity contribution in [2.45, 2.75) is 38.3 Å². The number of benzene rings is 1. The summed E-state index contributed by atoms with van der Waals surface area (Å²) in [6.07, 6.45) is 1.19. The lowest BCUT2D eigenvalue weighted by molar-refractivity contribution is -0.139. The molecule has 1 saturated carbocycles. The number of nitrogens with one attached hydrogen (secondary N) is 1. The third-order valence-electron chi connectivity index (χ3n) is 3.59. The second-order valence-corrected chi connectivity index (χ2v) is 5.08. The first-order valence-electron chi connectivity index (χ1n) is 6.57. The van der Waals surface area contributed by atoms with E-state index in [0.717, 1.165) is 25.0 Å². The molecule has 1 aromatic rings. The first-order chi connectivity index (χ1) is 8.97. The summed E-state index contributed by atoms with van der Waals surface area (Å²) in [6, 6.07) is 3.07. The van der Waals surface area contributed by atoms with Crippen LogP contribution in [0.4, 0.5) is 23.2 Å². The lowest BCUT2D eigenvalue weighted by atomic mass is 9.89. The average Bonchev–Trinajstić information content (AvgIpc) is 2.37. The molecule has 1 nitrogen and oxygen atoms in total. The summed E-state index contributed by atoms with van der Waals surface area (Å²) in [4.78, 5) is 0. The van der Waals surface area contributed by atoms with Crippen LogP contribution in [0.3, 0.4) is 0 Å². The van der Waals surface area contributed by atoms with Gasteiger partial charge in [0.05, 0.1) is 5.56 Å². The molecule has 5 heteroatoms. The summed E-state index contributed by atoms with van der Waals surface area (Å²) in [6.45, 7) is 0.656. The topological polar surface area (TPSA) is 12.0 Å². The van der Waals surface area contributed by atoms with Gasteiger partial charge in [-0.15, -0.1) is 0 Å². The summed E-state index contributed by atoms with van der Waals surface area (Å²) in [7, 11) is 0. The highest BCUT2D eigenvalue weighted by Crippen LogP contribution is 2.33. The maximum absolute atomic E-state index is 13.1. The molecule has 0 radical (unpaired) electrons. The number of halogens is 4. The molecule has 0 atom stereocenters. The molecule has 1 aromatic carbocycles. The van der Waals surface area contributed by atoms with Crippen LogP contribution in [-0.4, -0.2) is 6.54 Å².